The first-order chi connectivity index (χ1) is 9.86. The van der Waals surface area contributed by atoms with Crippen LogP contribution in [0.25, 0.3) is 0 Å². The van der Waals surface area contributed by atoms with Crippen LogP contribution >= 0.6 is 0 Å². The van der Waals surface area contributed by atoms with Crippen LogP contribution in [0.4, 0.5) is 5.69 Å². The summed E-state index contributed by atoms with van der Waals surface area (Å²) in [7, 11) is -3.21. The van der Waals surface area contributed by atoms with Gasteiger partial charge in [-0.05, 0) is 35.9 Å². The molecule has 0 saturated carbocycles. The van der Waals surface area contributed by atoms with Gasteiger partial charge in [0.1, 0.15) is 0 Å². The number of primary amides is 1. The molecule has 0 bridgehead atoms. The van der Waals surface area contributed by atoms with Gasteiger partial charge in [0.2, 0.25) is 5.91 Å². The third-order valence-corrected chi connectivity index (χ3v) is 4.11. The van der Waals surface area contributed by atoms with Gasteiger partial charge < -0.3 is 11.1 Å². The topological polar surface area (TPSA) is 89.3 Å². The highest BCUT2D eigenvalue weighted by atomic mass is 32.2. The third-order valence-electron chi connectivity index (χ3n) is 3.00. The van der Waals surface area contributed by atoms with E-state index in [1.807, 2.05) is 0 Å². The number of nitrogens with one attached hydrogen (secondary N) is 1. The lowest BCUT2D eigenvalue weighted by Crippen LogP contribution is -2.10. The van der Waals surface area contributed by atoms with E-state index in [0.29, 0.717) is 12.1 Å². The van der Waals surface area contributed by atoms with Gasteiger partial charge in [-0.3, -0.25) is 4.79 Å². The highest BCUT2D eigenvalue weighted by Crippen LogP contribution is 2.16. The number of hydrogen-bond acceptors (Lipinski definition) is 4. The van der Waals surface area contributed by atoms with Crippen LogP contribution in [0.15, 0.2) is 53.4 Å². The minimum absolute atomic E-state index is 0.275. The highest BCUT2D eigenvalue weighted by molar-refractivity contribution is 7.90. The number of hydrogen-bond donors (Lipinski definition) is 2. The van der Waals surface area contributed by atoms with Crippen molar-refractivity contribution in [3.8, 4) is 0 Å². The first-order valence-electron chi connectivity index (χ1n) is 6.29. The normalized spacial score (nSPS) is 11.1. The maximum absolute atomic E-state index is 11.5. The van der Waals surface area contributed by atoms with E-state index in [9.17, 15) is 13.2 Å². The summed E-state index contributed by atoms with van der Waals surface area (Å²) in [6.07, 6.45) is 1.18. The molecule has 6 heteroatoms. The third kappa shape index (κ3) is 4.06. The summed E-state index contributed by atoms with van der Waals surface area (Å²) in [5, 5.41) is 3.14. The number of carbonyl (C=O) groups excluding carboxylic acids is 1. The Morgan fingerprint density at radius 1 is 1.14 bits per heavy atom. The van der Waals surface area contributed by atoms with Crippen molar-refractivity contribution < 1.29 is 13.2 Å². The predicted octanol–water partition coefficient (Wildman–Crippen LogP) is 1.80. The van der Waals surface area contributed by atoms with Gasteiger partial charge in [0.15, 0.2) is 9.84 Å². The molecule has 5 nitrogen and oxygen atoms in total. The minimum atomic E-state index is -3.21. The molecular weight excluding hydrogens is 288 g/mol. The fourth-order valence-corrected chi connectivity index (χ4v) is 2.49. The molecule has 21 heavy (non-hydrogen) atoms. The Morgan fingerprint density at radius 2 is 1.81 bits per heavy atom. The minimum Gasteiger partial charge on any atom is -0.381 e. The van der Waals surface area contributed by atoms with E-state index in [1.54, 1.807) is 48.5 Å². The van der Waals surface area contributed by atoms with Crippen molar-refractivity contribution in [1.29, 1.82) is 0 Å². The number of carbonyl (C=O) groups is 1. The van der Waals surface area contributed by atoms with Gasteiger partial charge in [-0.25, -0.2) is 8.42 Å². The van der Waals surface area contributed by atoms with Crippen molar-refractivity contribution >= 4 is 21.4 Å². The number of sulfone groups is 1. The van der Waals surface area contributed by atoms with Crippen molar-refractivity contribution in [3.05, 3.63) is 59.7 Å². The lowest BCUT2D eigenvalue weighted by molar-refractivity contribution is 0.100. The molecule has 0 heterocycles. The van der Waals surface area contributed by atoms with Gasteiger partial charge >= 0.3 is 0 Å². The maximum Gasteiger partial charge on any atom is 0.248 e. The summed E-state index contributed by atoms with van der Waals surface area (Å²) >= 11 is 0. The van der Waals surface area contributed by atoms with Gasteiger partial charge in [-0.15, -0.1) is 0 Å². The average molecular weight is 304 g/mol. The summed E-state index contributed by atoms with van der Waals surface area (Å²) in [5.74, 6) is -0.463. The molecule has 2 rings (SSSR count). The Kier molecular flexibility index (Phi) is 4.28. The summed E-state index contributed by atoms with van der Waals surface area (Å²) in [4.78, 5) is 11.2. The fourth-order valence-electron chi connectivity index (χ4n) is 1.83. The standard InChI is InChI=1S/C15H16N2O3S/c1-21(19,20)14-4-2-3-13(9-14)17-10-11-5-7-12(8-6-11)15(16)18/h2-9,17H,10H2,1H3,(H2,16,18). The molecule has 1 amide bonds. The van der Waals surface area contributed by atoms with Crippen LogP contribution in [0.5, 0.6) is 0 Å². The van der Waals surface area contributed by atoms with Crippen LogP contribution in [-0.2, 0) is 16.4 Å². The summed E-state index contributed by atoms with van der Waals surface area (Å²) < 4.78 is 23.0. The van der Waals surface area contributed by atoms with E-state index in [-0.39, 0.29) is 4.90 Å². The number of rotatable bonds is 5. The number of benzene rings is 2. The van der Waals surface area contributed by atoms with E-state index in [0.717, 1.165) is 11.3 Å². The van der Waals surface area contributed by atoms with Crippen LogP contribution < -0.4 is 11.1 Å². The van der Waals surface area contributed by atoms with Gasteiger partial charge in [0.05, 0.1) is 4.90 Å². The SMILES string of the molecule is CS(=O)(=O)c1cccc(NCc2ccc(C(N)=O)cc2)c1. The van der Waals surface area contributed by atoms with E-state index in [1.165, 1.54) is 6.26 Å². The molecule has 0 aromatic heterocycles. The zero-order chi connectivity index (χ0) is 15.5. The Morgan fingerprint density at radius 3 is 2.38 bits per heavy atom. The lowest BCUT2D eigenvalue weighted by Gasteiger charge is -2.08. The van der Waals surface area contributed by atoms with Crippen molar-refractivity contribution in [3.63, 3.8) is 0 Å². The molecule has 0 atom stereocenters. The van der Waals surface area contributed by atoms with E-state index in [2.05, 4.69) is 5.32 Å². The Labute approximate surface area is 123 Å². The second-order valence-corrected chi connectivity index (χ2v) is 6.73. The molecule has 2 aromatic carbocycles. The van der Waals surface area contributed by atoms with Gasteiger partial charge in [-0.2, -0.15) is 0 Å². The van der Waals surface area contributed by atoms with Crippen molar-refractivity contribution in [2.45, 2.75) is 11.4 Å². The number of amides is 1. The number of nitrogens with two attached hydrogens (primary N) is 1. The van der Waals surface area contributed by atoms with Crippen molar-refractivity contribution in [2.24, 2.45) is 5.73 Å². The van der Waals surface area contributed by atoms with Crippen LogP contribution in [0.3, 0.4) is 0 Å². The Bertz CT molecular complexity index is 753. The molecule has 3 N–H and O–H groups in total. The second-order valence-electron chi connectivity index (χ2n) is 4.71. The van der Waals surface area contributed by atoms with Crippen LogP contribution in [0.1, 0.15) is 15.9 Å². The molecule has 0 unspecified atom stereocenters. The molecule has 0 aliphatic carbocycles. The molecule has 0 radical (unpaired) electrons. The van der Waals surface area contributed by atoms with Gasteiger partial charge in [0, 0.05) is 24.1 Å². The van der Waals surface area contributed by atoms with Gasteiger partial charge in [-0.1, -0.05) is 18.2 Å². The zero-order valence-electron chi connectivity index (χ0n) is 11.5. The fraction of sp³-hybridized carbons (Fsp3) is 0.133. The molecule has 110 valence electrons. The summed E-state index contributed by atoms with van der Waals surface area (Å²) in [6.45, 7) is 0.520. The molecule has 0 aliphatic rings. The van der Waals surface area contributed by atoms with E-state index >= 15 is 0 Å². The van der Waals surface area contributed by atoms with Crippen LogP contribution in [-0.4, -0.2) is 20.6 Å². The summed E-state index contributed by atoms with van der Waals surface area (Å²) in [6, 6.07) is 13.6. The Hall–Kier alpha value is -2.34. The molecule has 2 aromatic rings. The van der Waals surface area contributed by atoms with Crippen molar-refractivity contribution in [1.82, 2.24) is 0 Å². The first-order valence-corrected chi connectivity index (χ1v) is 8.18. The monoisotopic (exact) mass is 304 g/mol. The smallest absolute Gasteiger partial charge is 0.248 e. The Balaban J connectivity index is 2.08. The molecule has 0 fully saturated rings. The maximum atomic E-state index is 11.5. The molecular formula is C15H16N2O3S. The van der Waals surface area contributed by atoms with E-state index < -0.39 is 15.7 Å². The average Bonchev–Trinajstić information content (AvgIpc) is 2.45. The quantitative estimate of drug-likeness (QED) is 0.881. The first kappa shape index (κ1) is 15.1. The van der Waals surface area contributed by atoms with Gasteiger partial charge in [0.25, 0.3) is 0 Å². The number of anilines is 1. The van der Waals surface area contributed by atoms with Crippen molar-refractivity contribution in [2.75, 3.05) is 11.6 Å². The predicted molar refractivity (Wildman–Crippen MR) is 81.8 cm³/mol. The lowest BCUT2D eigenvalue weighted by atomic mass is 10.1. The zero-order valence-corrected chi connectivity index (χ0v) is 12.4. The second kappa shape index (κ2) is 5.97. The van der Waals surface area contributed by atoms with E-state index in [4.69, 9.17) is 5.73 Å². The molecule has 0 aliphatic heterocycles. The van der Waals surface area contributed by atoms with Crippen LogP contribution in [0.2, 0.25) is 0 Å². The highest BCUT2D eigenvalue weighted by Gasteiger charge is 2.07. The van der Waals surface area contributed by atoms with Crippen LogP contribution in [0, 0.1) is 0 Å². The molecule has 0 saturated heterocycles. The summed E-state index contributed by atoms with van der Waals surface area (Å²) in [5.41, 5.74) is 7.31. The largest absolute Gasteiger partial charge is 0.381 e. The molecule has 0 spiro atoms.